The van der Waals surface area contributed by atoms with E-state index in [4.69, 9.17) is 10.7 Å². The van der Waals surface area contributed by atoms with Crippen LogP contribution in [0.2, 0.25) is 0 Å². The van der Waals surface area contributed by atoms with Crippen molar-refractivity contribution in [2.24, 2.45) is 5.92 Å². The smallest absolute Gasteiger partial charge is 0.216 e. The first kappa shape index (κ1) is 18.9. The van der Waals surface area contributed by atoms with Crippen molar-refractivity contribution >= 4 is 23.3 Å². The number of H-pyrrole nitrogens is 1. The number of anilines is 1. The van der Waals surface area contributed by atoms with E-state index in [2.05, 4.69) is 37.9 Å². The lowest BCUT2D eigenvalue weighted by molar-refractivity contribution is -0.119. The number of aryl methyl sites for hydroxylation is 1. The first-order chi connectivity index (χ1) is 14.6. The first-order valence-electron chi connectivity index (χ1n) is 10.9. The Balaban J connectivity index is 1.47. The van der Waals surface area contributed by atoms with Crippen molar-refractivity contribution in [3.63, 3.8) is 0 Å². The highest BCUT2D eigenvalue weighted by atomic mass is 16.1. The van der Waals surface area contributed by atoms with Crippen LogP contribution < -0.4 is 11.1 Å². The molecule has 3 heterocycles. The second kappa shape index (κ2) is 7.63. The van der Waals surface area contributed by atoms with Gasteiger partial charge in [-0.2, -0.15) is 0 Å². The highest BCUT2D eigenvalue weighted by Crippen LogP contribution is 2.38. The van der Waals surface area contributed by atoms with Gasteiger partial charge < -0.3 is 16.0 Å². The Morgan fingerprint density at radius 3 is 2.93 bits per heavy atom. The highest BCUT2D eigenvalue weighted by Gasteiger charge is 2.28. The summed E-state index contributed by atoms with van der Waals surface area (Å²) in [7, 11) is 0. The van der Waals surface area contributed by atoms with Crippen molar-refractivity contribution in [2.45, 2.75) is 51.4 Å². The van der Waals surface area contributed by atoms with Crippen LogP contribution in [-0.4, -0.2) is 31.8 Å². The maximum absolute atomic E-state index is 11.2. The number of hydrogen-bond acceptors (Lipinski definition) is 4. The normalized spacial score (nSPS) is 21.0. The Labute approximate surface area is 175 Å². The van der Waals surface area contributed by atoms with E-state index in [1.165, 1.54) is 11.3 Å². The van der Waals surface area contributed by atoms with Gasteiger partial charge in [-0.25, -0.2) is 9.97 Å². The minimum Gasteiger partial charge on any atom is -0.382 e. The summed E-state index contributed by atoms with van der Waals surface area (Å²) >= 11 is 0. The number of nitrogens with one attached hydrogen (secondary N) is 2. The second-order valence-corrected chi connectivity index (χ2v) is 8.57. The van der Waals surface area contributed by atoms with E-state index < -0.39 is 0 Å². The SMILES string of the molecule is CC(=O)NCC1CCC(c2nc(-c3cc4c([nH]3)C=CCC4)c3c(N)nccn23)CC1. The number of nitrogen functional groups attached to an aromatic ring is 1. The minimum atomic E-state index is 0.0486. The van der Waals surface area contributed by atoms with Crippen molar-refractivity contribution in [2.75, 3.05) is 12.3 Å². The zero-order valence-corrected chi connectivity index (χ0v) is 17.3. The van der Waals surface area contributed by atoms with Gasteiger partial charge in [0, 0.05) is 37.5 Å². The molecule has 3 aromatic rings. The lowest BCUT2D eigenvalue weighted by Crippen LogP contribution is -2.29. The lowest BCUT2D eigenvalue weighted by Gasteiger charge is -2.27. The Hall–Kier alpha value is -3.09. The van der Waals surface area contributed by atoms with E-state index in [1.54, 1.807) is 13.1 Å². The molecule has 1 saturated carbocycles. The molecule has 5 rings (SSSR count). The van der Waals surface area contributed by atoms with Crippen LogP contribution >= 0.6 is 0 Å². The molecule has 3 aromatic heterocycles. The van der Waals surface area contributed by atoms with E-state index >= 15 is 0 Å². The third kappa shape index (κ3) is 3.38. The number of fused-ring (bicyclic) bond motifs is 2. The van der Waals surface area contributed by atoms with Crippen LogP contribution in [0.3, 0.4) is 0 Å². The number of carbonyl (C=O) groups excluding carboxylic acids is 1. The van der Waals surface area contributed by atoms with Crippen LogP contribution in [0.4, 0.5) is 5.82 Å². The molecule has 2 aliphatic carbocycles. The average Bonchev–Trinajstić information content (AvgIpc) is 3.35. The van der Waals surface area contributed by atoms with Crippen molar-refractivity contribution in [1.82, 2.24) is 24.7 Å². The third-order valence-corrected chi connectivity index (χ3v) is 6.52. The molecular formula is C23H28N6O. The molecular weight excluding hydrogens is 376 g/mol. The molecule has 0 spiro atoms. The summed E-state index contributed by atoms with van der Waals surface area (Å²) in [4.78, 5) is 24.2. The van der Waals surface area contributed by atoms with Gasteiger partial charge in [-0.1, -0.05) is 6.08 Å². The molecule has 4 N–H and O–H groups in total. The van der Waals surface area contributed by atoms with Gasteiger partial charge in [0.15, 0.2) is 0 Å². The Morgan fingerprint density at radius 1 is 1.33 bits per heavy atom. The summed E-state index contributed by atoms with van der Waals surface area (Å²) in [5, 5.41) is 2.96. The third-order valence-electron chi connectivity index (χ3n) is 6.52. The molecule has 30 heavy (non-hydrogen) atoms. The number of allylic oxidation sites excluding steroid dienone is 1. The summed E-state index contributed by atoms with van der Waals surface area (Å²) < 4.78 is 2.13. The van der Waals surface area contributed by atoms with E-state index in [0.29, 0.717) is 17.7 Å². The van der Waals surface area contributed by atoms with Crippen LogP contribution in [0.5, 0.6) is 0 Å². The van der Waals surface area contributed by atoms with Gasteiger partial charge in [0.2, 0.25) is 5.91 Å². The number of amides is 1. The summed E-state index contributed by atoms with van der Waals surface area (Å²) in [6, 6.07) is 2.21. The summed E-state index contributed by atoms with van der Waals surface area (Å²) in [5.41, 5.74) is 11.6. The van der Waals surface area contributed by atoms with Crippen LogP contribution in [0.15, 0.2) is 24.5 Å². The predicted molar refractivity (Wildman–Crippen MR) is 118 cm³/mol. The van der Waals surface area contributed by atoms with Gasteiger partial charge in [-0.15, -0.1) is 0 Å². The molecule has 0 radical (unpaired) electrons. The first-order valence-corrected chi connectivity index (χ1v) is 10.9. The molecule has 0 aliphatic heterocycles. The highest BCUT2D eigenvalue weighted by molar-refractivity contribution is 5.85. The molecule has 0 aromatic carbocycles. The summed E-state index contributed by atoms with van der Waals surface area (Å²) in [5.74, 6) is 2.55. The monoisotopic (exact) mass is 404 g/mol. The number of carbonyl (C=O) groups is 1. The van der Waals surface area contributed by atoms with Crippen LogP contribution in [0.1, 0.15) is 62.0 Å². The zero-order chi connectivity index (χ0) is 20.7. The number of aromatic nitrogens is 4. The molecule has 7 heteroatoms. The van der Waals surface area contributed by atoms with Gasteiger partial charge in [0.25, 0.3) is 0 Å². The fraction of sp³-hybridized carbons (Fsp3) is 0.435. The van der Waals surface area contributed by atoms with Crippen molar-refractivity contribution in [3.05, 3.63) is 41.6 Å². The standard InChI is InChI=1S/C23H28N6O/c1-14(30)26-13-15-6-8-16(9-7-15)23-28-20(21-22(24)25-10-11-29(21)23)19-12-17-4-2-3-5-18(17)27-19/h3,5,10-12,15-16,27H,2,4,6-9,13H2,1H3,(H2,24,25)(H,26,30). The van der Waals surface area contributed by atoms with Crippen molar-refractivity contribution in [1.29, 1.82) is 0 Å². The van der Waals surface area contributed by atoms with Crippen LogP contribution in [0.25, 0.3) is 23.0 Å². The van der Waals surface area contributed by atoms with E-state index in [1.807, 2.05) is 6.20 Å². The van der Waals surface area contributed by atoms with Gasteiger partial charge in [-0.3, -0.25) is 9.20 Å². The van der Waals surface area contributed by atoms with Crippen LogP contribution in [0, 0.1) is 5.92 Å². The van der Waals surface area contributed by atoms with Gasteiger partial charge in [0.1, 0.15) is 22.9 Å². The number of nitrogens with two attached hydrogens (primary N) is 1. The predicted octanol–water partition coefficient (Wildman–Crippen LogP) is 3.68. The number of rotatable bonds is 4. The Morgan fingerprint density at radius 2 is 2.17 bits per heavy atom. The van der Waals surface area contributed by atoms with E-state index in [9.17, 15) is 4.79 Å². The number of nitrogens with zero attached hydrogens (tertiary/aromatic N) is 3. The quantitative estimate of drug-likeness (QED) is 0.617. The average molecular weight is 405 g/mol. The molecule has 1 amide bonds. The lowest BCUT2D eigenvalue weighted by atomic mass is 9.81. The van der Waals surface area contributed by atoms with Crippen molar-refractivity contribution in [3.8, 4) is 11.4 Å². The molecule has 2 aliphatic rings. The van der Waals surface area contributed by atoms with Crippen LogP contribution in [-0.2, 0) is 11.2 Å². The van der Waals surface area contributed by atoms with E-state index in [0.717, 1.165) is 67.8 Å². The van der Waals surface area contributed by atoms with Gasteiger partial charge in [-0.05, 0) is 62.1 Å². The molecule has 0 atom stereocenters. The number of hydrogen-bond donors (Lipinski definition) is 3. The fourth-order valence-electron chi connectivity index (χ4n) is 4.91. The molecule has 156 valence electrons. The largest absolute Gasteiger partial charge is 0.382 e. The maximum Gasteiger partial charge on any atom is 0.216 e. The van der Waals surface area contributed by atoms with Crippen molar-refractivity contribution < 1.29 is 4.79 Å². The second-order valence-electron chi connectivity index (χ2n) is 8.57. The van der Waals surface area contributed by atoms with Gasteiger partial charge in [0.05, 0.1) is 5.69 Å². The molecule has 0 saturated heterocycles. The molecule has 0 bridgehead atoms. The zero-order valence-electron chi connectivity index (χ0n) is 17.3. The summed E-state index contributed by atoms with van der Waals surface area (Å²) in [6.45, 7) is 2.35. The number of imidazole rings is 1. The molecule has 0 unspecified atom stereocenters. The fourth-order valence-corrected chi connectivity index (χ4v) is 4.91. The topological polar surface area (TPSA) is 101 Å². The Bertz CT molecular complexity index is 1120. The Kier molecular flexibility index (Phi) is 4.81. The van der Waals surface area contributed by atoms with E-state index in [-0.39, 0.29) is 5.91 Å². The number of aromatic amines is 1. The maximum atomic E-state index is 11.2. The van der Waals surface area contributed by atoms with Gasteiger partial charge >= 0.3 is 0 Å². The molecule has 1 fully saturated rings. The summed E-state index contributed by atoms with van der Waals surface area (Å²) in [6.07, 6.45) is 14.5. The molecule has 7 nitrogen and oxygen atoms in total. The minimum absolute atomic E-state index is 0.0486.